The summed E-state index contributed by atoms with van der Waals surface area (Å²) in [6, 6.07) is 0. The molecule has 0 aromatic rings. The van der Waals surface area contributed by atoms with Gasteiger partial charge in [0.15, 0.2) is 34.1 Å². The topological polar surface area (TPSA) is 102 Å². The van der Waals surface area contributed by atoms with E-state index in [1.807, 2.05) is 17.8 Å². The Bertz CT molecular complexity index is 782. The standard InChI is InChI=1S/C14H18O6S3/c1-4-10-21(15,16)13-8-7-9-14(22(17,18)11-5-2)23(19,20)12-6-3/h1-3,14H,7-13H2. The Balaban J connectivity index is 5.07. The molecule has 0 aliphatic rings. The van der Waals surface area contributed by atoms with Crippen LogP contribution in [-0.4, -0.2) is 52.8 Å². The summed E-state index contributed by atoms with van der Waals surface area (Å²) in [6.45, 7) is 0. The Morgan fingerprint density at radius 1 is 0.696 bits per heavy atom. The van der Waals surface area contributed by atoms with E-state index >= 15 is 0 Å². The highest BCUT2D eigenvalue weighted by Gasteiger charge is 2.36. The third-order valence-corrected chi connectivity index (χ3v) is 9.31. The van der Waals surface area contributed by atoms with E-state index in [9.17, 15) is 25.3 Å². The molecule has 128 valence electrons. The van der Waals surface area contributed by atoms with Crippen LogP contribution in [0, 0.1) is 37.0 Å². The Morgan fingerprint density at radius 3 is 1.52 bits per heavy atom. The van der Waals surface area contributed by atoms with Crippen LogP contribution in [0.2, 0.25) is 0 Å². The molecule has 6 nitrogen and oxygen atoms in total. The first kappa shape index (κ1) is 21.5. The van der Waals surface area contributed by atoms with Gasteiger partial charge in [0.1, 0.15) is 17.3 Å². The zero-order chi connectivity index (χ0) is 18.1. The molecule has 0 N–H and O–H groups in total. The van der Waals surface area contributed by atoms with Crippen LogP contribution < -0.4 is 0 Å². The van der Waals surface area contributed by atoms with Gasteiger partial charge in [-0.1, -0.05) is 24.2 Å². The number of hydrogen-bond donors (Lipinski definition) is 0. The number of hydrogen-bond acceptors (Lipinski definition) is 6. The Labute approximate surface area is 138 Å². The van der Waals surface area contributed by atoms with Gasteiger partial charge in [0.25, 0.3) is 0 Å². The average Bonchev–Trinajstić information content (AvgIpc) is 2.37. The highest BCUT2D eigenvalue weighted by molar-refractivity contribution is 8.09. The molecule has 23 heavy (non-hydrogen) atoms. The van der Waals surface area contributed by atoms with Gasteiger partial charge < -0.3 is 0 Å². The van der Waals surface area contributed by atoms with E-state index in [-0.39, 0.29) is 25.0 Å². The van der Waals surface area contributed by atoms with Crippen LogP contribution in [0.1, 0.15) is 19.3 Å². The van der Waals surface area contributed by atoms with Gasteiger partial charge in [0, 0.05) is 0 Å². The van der Waals surface area contributed by atoms with Gasteiger partial charge in [-0.25, -0.2) is 25.3 Å². The Morgan fingerprint density at radius 2 is 1.13 bits per heavy atom. The molecule has 0 heterocycles. The molecule has 0 saturated carbocycles. The number of rotatable bonds is 10. The maximum atomic E-state index is 12.0. The summed E-state index contributed by atoms with van der Waals surface area (Å²) in [5.74, 6) is 3.73. The van der Waals surface area contributed by atoms with Crippen LogP contribution >= 0.6 is 0 Å². The van der Waals surface area contributed by atoms with E-state index in [4.69, 9.17) is 19.3 Å². The fourth-order valence-corrected chi connectivity index (χ4v) is 6.96. The lowest BCUT2D eigenvalue weighted by Crippen LogP contribution is -2.33. The first-order valence-corrected chi connectivity index (χ1v) is 11.7. The van der Waals surface area contributed by atoms with Crippen molar-refractivity contribution in [3.63, 3.8) is 0 Å². The highest BCUT2D eigenvalue weighted by Crippen LogP contribution is 2.19. The summed E-state index contributed by atoms with van der Waals surface area (Å²) in [4.78, 5) is 0. The summed E-state index contributed by atoms with van der Waals surface area (Å²) >= 11 is 0. The Kier molecular flexibility index (Phi) is 8.41. The summed E-state index contributed by atoms with van der Waals surface area (Å²) in [6.07, 6.45) is 14.7. The molecule has 0 unspecified atom stereocenters. The second-order valence-corrected chi connectivity index (χ2v) is 11.6. The van der Waals surface area contributed by atoms with Crippen molar-refractivity contribution in [2.75, 3.05) is 23.0 Å². The van der Waals surface area contributed by atoms with Crippen molar-refractivity contribution in [3.8, 4) is 37.0 Å². The van der Waals surface area contributed by atoms with Gasteiger partial charge >= 0.3 is 0 Å². The van der Waals surface area contributed by atoms with Crippen LogP contribution in [0.3, 0.4) is 0 Å². The fourth-order valence-electron chi connectivity index (χ4n) is 1.83. The maximum Gasteiger partial charge on any atom is 0.178 e. The van der Waals surface area contributed by atoms with Crippen molar-refractivity contribution in [2.45, 2.75) is 23.8 Å². The van der Waals surface area contributed by atoms with Crippen LogP contribution in [0.25, 0.3) is 0 Å². The normalized spacial score (nSPS) is 12.3. The number of terminal acetylenes is 3. The third-order valence-electron chi connectivity index (χ3n) is 2.82. The molecule has 0 atom stereocenters. The van der Waals surface area contributed by atoms with Crippen LogP contribution in [0.4, 0.5) is 0 Å². The zero-order valence-corrected chi connectivity index (χ0v) is 14.9. The van der Waals surface area contributed by atoms with Gasteiger partial charge in [0.2, 0.25) is 0 Å². The van der Waals surface area contributed by atoms with Crippen molar-refractivity contribution in [1.29, 1.82) is 0 Å². The summed E-state index contributed by atoms with van der Waals surface area (Å²) in [5, 5.41) is 0. The fraction of sp³-hybridized carbons (Fsp3) is 0.571. The monoisotopic (exact) mass is 378 g/mol. The predicted octanol–water partition coefficient (Wildman–Crippen LogP) is -0.373. The van der Waals surface area contributed by atoms with Crippen LogP contribution in [0.5, 0.6) is 0 Å². The van der Waals surface area contributed by atoms with E-state index in [0.717, 1.165) is 0 Å². The van der Waals surface area contributed by atoms with Gasteiger partial charge in [-0.15, -0.1) is 19.3 Å². The first-order chi connectivity index (χ1) is 10.5. The van der Waals surface area contributed by atoms with Crippen LogP contribution in [-0.2, 0) is 29.5 Å². The SMILES string of the molecule is C#CCS(=O)(=O)CCCCC(S(=O)(=O)CC#C)S(=O)(=O)CC#C. The van der Waals surface area contributed by atoms with Crippen molar-refractivity contribution in [1.82, 2.24) is 0 Å². The lowest BCUT2D eigenvalue weighted by molar-refractivity contribution is 0.567. The summed E-state index contributed by atoms with van der Waals surface area (Å²) < 4.78 is 69.2. The van der Waals surface area contributed by atoms with Crippen molar-refractivity contribution < 1.29 is 25.3 Å². The Hall–Kier alpha value is -1.47. The third kappa shape index (κ3) is 7.56. The summed E-state index contributed by atoms with van der Waals surface area (Å²) in [7, 11) is -11.6. The minimum Gasteiger partial charge on any atom is -0.228 e. The number of unbranched alkanes of at least 4 members (excludes halogenated alkanes) is 1. The molecular weight excluding hydrogens is 360 g/mol. The smallest absolute Gasteiger partial charge is 0.178 e. The quantitative estimate of drug-likeness (QED) is 0.379. The van der Waals surface area contributed by atoms with Gasteiger partial charge in [-0.3, -0.25) is 0 Å². The van der Waals surface area contributed by atoms with Crippen LogP contribution in [0.15, 0.2) is 0 Å². The molecular formula is C14H18O6S3. The van der Waals surface area contributed by atoms with Gasteiger partial charge in [-0.2, -0.15) is 0 Å². The first-order valence-electron chi connectivity index (χ1n) is 6.46. The molecule has 0 fully saturated rings. The molecule has 0 aliphatic heterocycles. The van der Waals surface area contributed by atoms with E-state index in [1.165, 1.54) is 0 Å². The van der Waals surface area contributed by atoms with Crippen molar-refractivity contribution >= 4 is 29.5 Å². The lowest BCUT2D eigenvalue weighted by Gasteiger charge is -2.15. The molecule has 0 amide bonds. The number of sulfone groups is 3. The summed E-state index contributed by atoms with van der Waals surface area (Å²) in [5.41, 5.74) is 0. The molecule has 0 aliphatic carbocycles. The largest absolute Gasteiger partial charge is 0.228 e. The molecule has 9 heteroatoms. The lowest BCUT2D eigenvalue weighted by atomic mass is 10.3. The molecule has 0 aromatic heterocycles. The second kappa shape index (κ2) is 8.98. The van der Waals surface area contributed by atoms with Crippen molar-refractivity contribution in [2.24, 2.45) is 0 Å². The molecule has 0 spiro atoms. The molecule has 0 aromatic carbocycles. The second-order valence-electron chi connectivity index (χ2n) is 4.74. The van der Waals surface area contributed by atoms with E-state index in [0.29, 0.717) is 0 Å². The minimum absolute atomic E-state index is 0.0715. The van der Waals surface area contributed by atoms with E-state index in [1.54, 1.807) is 0 Å². The van der Waals surface area contributed by atoms with E-state index in [2.05, 4.69) is 0 Å². The molecule has 0 radical (unpaired) electrons. The van der Waals surface area contributed by atoms with E-state index < -0.39 is 51.4 Å². The molecule has 0 saturated heterocycles. The van der Waals surface area contributed by atoms with Crippen molar-refractivity contribution in [3.05, 3.63) is 0 Å². The average molecular weight is 378 g/mol. The van der Waals surface area contributed by atoms with Gasteiger partial charge in [0.05, 0.1) is 5.75 Å². The minimum atomic E-state index is -4.08. The molecule has 0 bridgehead atoms. The maximum absolute atomic E-state index is 12.0. The predicted molar refractivity (Wildman–Crippen MR) is 90.4 cm³/mol. The molecule has 0 rings (SSSR count). The highest BCUT2D eigenvalue weighted by atomic mass is 32.3. The van der Waals surface area contributed by atoms with Gasteiger partial charge in [-0.05, 0) is 12.8 Å². The zero-order valence-electron chi connectivity index (χ0n) is 12.4.